The van der Waals surface area contributed by atoms with E-state index >= 15 is 0 Å². The smallest absolute Gasteiger partial charge is 0.0612 e. The third kappa shape index (κ3) is 4.61. The molecular weight excluding hydrogens is 264 g/mol. The Labute approximate surface area is 105 Å². The highest BCUT2D eigenvalue weighted by Crippen LogP contribution is 2.24. The Balaban J connectivity index is 0.00000169. The number of hydrogen-bond donors (Lipinski definition) is 1. The lowest BCUT2D eigenvalue weighted by Gasteiger charge is -2.05. The standard InChI is InChI=1S/C9H10Cl3N.ClH/c10-4-1-5-13-7-2-3-8(11)9(12)6-7;/h2-3,6,13H,1,4-5H2;1H. The van der Waals surface area contributed by atoms with E-state index in [9.17, 15) is 0 Å². The highest BCUT2D eigenvalue weighted by molar-refractivity contribution is 6.42. The van der Waals surface area contributed by atoms with Gasteiger partial charge in [-0.3, -0.25) is 0 Å². The van der Waals surface area contributed by atoms with E-state index in [4.69, 9.17) is 34.8 Å². The summed E-state index contributed by atoms with van der Waals surface area (Å²) in [5, 5.41) is 4.33. The Bertz CT molecular complexity index is 278. The number of benzene rings is 1. The Kier molecular flexibility index (Phi) is 7.56. The summed E-state index contributed by atoms with van der Waals surface area (Å²) in [5.74, 6) is 0.661. The van der Waals surface area contributed by atoms with Gasteiger partial charge in [-0.15, -0.1) is 24.0 Å². The predicted molar refractivity (Wildman–Crippen MR) is 67.5 cm³/mol. The van der Waals surface area contributed by atoms with E-state index in [0.717, 1.165) is 18.7 Å². The van der Waals surface area contributed by atoms with Gasteiger partial charge in [-0.1, -0.05) is 23.2 Å². The minimum atomic E-state index is 0. The molecule has 0 heterocycles. The van der Waals surface area contributed by atoms with Crippen molar-refractivity contribution >= 4 is 52.9 Å². The van der Waals surface area contributed by atoms with Crippen molar-refractivity contribution in [2.24, 2.45) is 0 Å². The lowest BCUT2D eigenvalue weighted by molar-refractivity contribution is 0.987. The first-order valence-corrected chi connectivity index (χ1v) is 5.28. The normalized spacial score (nSPS) is 9.36. The van der Waals surface area contributed by atoms with Gasteiger partial charge in [-0.2, -0.15) is 0 Å². The second-order valence-corrected chi connectivity index (χ2v) is 3.79. The minimum Gasteiger partial charge on any atom is -0.385 e. The zero-order valence-electron chi connectivity index (χ0n) is 7.40. The molecule has 0 aliphatic carbocycles. The number of nitrogens with one attached hydrogen (secondary N) is 1. The van der Waals surface area contributed by atoms with Crippen molar-refractivity contribution in [2.45, 2.75) is 6.42 Å². The fourth-order valence-electron chi connectivity index (χ4n) is 0.906. The van der Waals surface area contributed by atoms with Gasteiger partial charge in [0.1, 0.15) is 0 Å². The van der Waals surface area contributed by atoms with Crippen LogP contribution in [0.4, 0.5) is 5.69 Å². The van der Waals surface area contributed by atoms with Gasteiger partial charge in [0.25, 0.3) is 0 Å². The second-order valence-electron chi connectivity index (χ2n) is 2.60. The van der Waals surface area contributed by atoms with E-state index in [1.807, 2.05) is 6.07 Å². The van der Waals surface area contributed by atoms with Gasteiger partial charge in [-0.25, -0.2) is 0 Å². The Morgan fingerprint density at radius 3 is 2.43 bits per heavy atom. The lowest BCUT2D eigenvalue weighted by Crippen LogP contribution is -2.01. The van der Waals surface area contributed by atoms with Gasteiger partial charge in [0, 0.05) is 18.1 Å². The van der Waals surface area contributed by atoms with Crippen LogP contribution in [0, 0.1) is 0 Å². The molecule has 1 aromatic rings. The van der Waals surface area contributed by atoms with Crippen LogP contribution in [0.25, 0.3) is 0 Å². The van der Waals surface area contributed by atoms with Crippen molar-refractivity contribution in [3.05, 3.63) is 28.2 Å². The summed E-state index contributed by atoms with van der Waals surface area (Å²) in [6, 6.07) is 5.47. The van der Waals surface area contributed by atoms with Crippen LogP contribution >= 0.6 is 47.2 Å². The van der Waals surface area contributed by atoms with E-state index in [1.165, 1.54) is 0 Å². The molecule has 0 fully saturated rings. The van der Waals surface area contributed by atoms with Crippen molar-refractivity contribution in [3.63, 3.8) is 0 Å². The van der Waals surface area contributed by atoms with Crippen molar-refractivity contribution in [2.75, 3.05) is 17.7 Å². The van der Waals surface area contributed by atoms with Crippen molar-refractivity contribution in [1.82, 2.24) is 0 Å². The molecule has 0 unspecified atom stereocenters. The average molecular weight is 275 g/mol. The van der Waals surface area contributed by atoms with Gasteiger partial charge in [-0.05, 0) is 24.6 Å². The molecule has 80 valence electrons. The molecule has 1 aromatic carbocycles. The number of rotatable bonds is 4. The quantitative estimate of drug-likeness (QED) is 0.632. The van der Waals surface area contributed by atoms with Gasteiger partial charge in [0.15, 0.2) is 0 Å². The predicted octanol–water partition coefficient (Wildman–Crippen LogP) is 4.46. The lowest BCUT2D eigenvalue weighted by atomic mass is 10.3. The number of hydrogen-bond acceptors (Lipinski definition) is 1. The molecule has 0 aliphatic rings. The molecule has 0 saturated heterocycles. The Morgan fingerprint density at radius 1 is 1.14 bits per heavy atom. The monoisotopic (exact) mass is 273 g/mol. The summed E-state index contributed by atoms with van der Waals surface area (Å²) in [6.45, 7) is 0.849. The third-order valence-electron chi connectivity index (χ3n) is 1.56. The molecule has 0 aromatic heterocycles. The summed E-state index contributed by atoms with van der Waals surface area (Å²) in [6.07, 6.45) is 0.932. The van der Waals surface area contributed by atoms with Crippen LogP contribution in [0.15, 0.2) is 18.2 Å². The molecule has 1 N–H and O–H groups in total. The molecular formula is C9H11Cl4N. The highest BCUT2D eigenvalue weighted by Gasteiger charge is 1.97. The molecule has 1 nitrogen and oxygen atoms in total. The molecule has 0 saturated carbocycles. The van der Waals surface area contributed by atoms with E-state index < -0.39 is 0 Å². The molecule has 0 spiro atoms. The van der Waals surface area contributed by atoms with Gasteiger partial charge < -0.3 is 5.32 Å². The van der Waals surface area contributed by atoms with Crippen LogP contribution in [0.5, 0.6) is 0 Å². The van der Waals surface area contributed by atoms with E-state index in [0.29, 0.717) is 15.9 Å². The maximum atomic E-state index is 5.83. The summed E-state index contributed by atoms with van der Waals surface area (Å²) in [7, 11) is 0. The first-order chi connectivity index (χ1) is 6.24. The van der Waals surface area contributed by atoms with Crippen LogP contribution in [0.1, 0.15) is 6.42 Å². The maximum Gasteiger partial charge on any atom is 0.0612 e. The van der Waals surface area contributed by atoms with Crippen LogP contribution in [0.2, 0.25) is 10.0 Å². The first kappa shape index (κ1) is 14.2. The van der Waals surface area contributed by atoms with Crippen molar-refractivity contribution < 1.29 is 0 Å². The van der Waals surface area contributed by atoms with Crippen LogP contribution < -0.4 is 5.32 Å². The Morgan fingerprint density at radius 2 is 1.86 bits per heavy atom. The Hall–Kier alpha value is 0.180. The molecule has 0 aliphatic heterocycles. The highest BCUT2D eigenvalue weighted by atomic mass is 35.5. The summed E-state index contributed by atoms with van der Waals surface area (Å²) in [5.41, 5.74) is 0.972. The fourth-order valence-corrected chi connectivity index (χ4v) is 1.34. The number of alkyl halides is 1. The molecule has 0 atom stereocenters. The topological polar surface area (TPSA) is 12.0 Å². The maximum absolute atomic E-state index is 5.83. The largest absolute Gasteiger partial charge is 0.385 e. The zero-order chi connectivity index (χ0) is 9.68. The zero-order valence-corrected chi connectivity index (χ0v) is 10.5. The fraction of sp³-hybridized carbons (Fsp3) is 0.333. The second kappa shape index (κ2) is 7.47. The van der Waals surface area contributed by atoms with E-state index in [2.05, 4.69) is 5.32 Å². The minimum absolute atomic E-state index is 0. The summed E-state index contributed by atoms with van der Waals surface area (Å²) >= 11 is 17.1. The molecule has 0 bridgehead atoms. The van der Waals surface area contributed by atoms with Crippen molar-refractivity contribution in [1.29, 1.82) is 0 Å². The van der Waals surface area contributed by atoms with Crippen molar-refractivity contribution in [3.8, 4) is 0 Å². The number of anilines is 1. The van der Waals surface area contributed by atoms with Crippen LogP contribution in [-0.4, -0.2) is 12.4 Å². The van der Waals surface area contributed by atoms with Gasteiger partial charge in [0.2, 0.25) is 0 Å². The third-order valence-corrected chi connectivity index (χ3v) is 2.57. The summed E-state index contributed by atoms with van der Waals surface area (Å²) in [4.78, 5) is 0. The average Bonchev–Trinajstić information content (AvgIpc) is 2.12. The molecule has 5 heteroatoms. The molecule has 1 rings (SSSR count). The number of halogens is 4. The SMILES string of the molecule is Cl.ClCCCNc1ccc(Cl)c(Cl)c1. The molecule has 0 radical (unpaired) electrons. The van der Waals surface area contributed by atoms with Gasteiger partial charge in [0.05, 0.1) is 10.0 Å². The van der Waals surface area contributed by atoms with Gasteiger partial charge >= 0.3 is 0 Å². The summed E-state index contributed by atoms with van der Waals surface area (Å²) < 4.78 is 0. The van der Waals surface area contributed by atoms with Crippen LogP contribution in [-0.2, 0) is 0 Å². The molecule has 0 amide bonds. The molecule has 14 heavy (non-hydrogen) atoms. The van der Waals surface area contributed by atoms with E-state index in [1.54, 1.807) is 12.1 Å². The first-order valence-electron chi connectivity index (χ1n) is 3.99. The van der Waals surface area contributed by atoms with E-state index in [-0.39, 0.29) is 12.4 Å². The van der Waals surface area contributed by atoms with Crippen LogP contribution in [0.3, 0.4) is 0 Å².